The van der Waals surface area contributed by atoms with Crippen LogP contribution in [0.4, 0.5) is 4.79 Å². The maximum atomic E-state index is 12.3. The van der Waals surface area contributed by atoms with Gasteiger partial charge in [0.25, 0.3) is 0 Å². The van der Waals surface area contributed by atoms with Gasteiger partial charge in [-0.1, -0.05) is 50.2 Å². The molecule has 2 N–H and O–H groups in total. The zero-order valence-electron chi connectivity index (χ0n) is 18.0. The van der Waals surface area contributed by atoms with Gasteiger partial charge in [-0.2, -0.15) is 0 Å². The summed E-state index contributed by atoms with van der Waals surface area (Å²) in [6.07, 6.45) is 0. The van der Waals surface area contributed by atoms with Crippen LogP contribution in [0.25, 0.3) is 0 Å². The van der Waals surface area contributed by atoms with Crippen molar-refractivity contribution in [2.75, 3.05) is 32.9 Å². The summed E-state index contributed by atoms with van der Waals surface area (Å²) in [5.41, 5.74) is 3.43. The van der Waals surface area contributed by atoms with E-state index in [2.05, 4.69) is 41.5 Å². The van der Waals surface area contributed by atoms with Crippen molar-refractivity contribution < 1.29 is 14.3 Å². The van der Waals surface area contributed by atoms with Crippen molar-refractivity contribution in [3.8, 4) is 5.75 Å². The SMILES string of the molecule is CC(C)COc1ccc(CNC(=O)NCc2ccccc2CN2CCOCC2)cc1. The van der Waals surface area contributed by atoms with Crippen LogP contribution in [0, 0.1) is 5.92 Å². The van der Waals surface area contributed by atoms with Gasteiger partial charge in [0.05, 0.1) is 19.8 Å². The highest BCUT2D eigenvalue weighted by Gasteiger charge is 2.13. The second kappa shape index (κ2) is 11.6. The van der Waals surface area contributed by atoms with Gasteiger partial charge in [-0.05, 0) is 34.7 Å². The van der Waals surface area contributed by atoms with Crippen molar-refractivity contribution in [1.29, 1.82) is 0 Å². The molecule has 2 aromatic rings. The summed E-state index contributed by atoms with van der Waals surface area (Å²) in [6.45, 7) is 10.3. The maximum absolute atomic E-state index is 12.3. The zero-order chi connectivity index (χ0) is 21.2. The molecular formula is C24H33N3O3. The van der Waals surface area contributed by atoms with Gasteiger partial charge >= 0.3 is 6.03 Å². The summed E-state index contributed by atoms with van der Waals surface area (Å²) >= 11 is 0. The predicted octanol–water partition coefficient (Wildman–Crippen LogP) is 3.55. The molecule has 0 unspecified atom stereocenters. The van der Waals surface area contributed by atoms with Gasteiger partial charge in [-0.15, -0.1) is 0 Å². The Morgan fingerprint density at radius 2 is 1.67 bits per heavy atom. The number of carbonyl (C=O) groups excluding carboxylic acids is 1. The molecule has 3 rings (SSSR count). The molecule has 0 saturated carbocycles. The van der Waals surface area contributed by atoms with E-state index in [4.69, 9.17) is 9.47 Å². The van der Waals surface area contributed by atoms with E-state index in [9.17, 15) is 4.79 Å². The number of hydrogen-bond donors (Lipinski definition) is 2. The van der Waals surface area contributed by atoms with Crippen molar-refractivity contribution in [2.45, 2.75) is 33.5 Å². The molecule has 0 bridgehead atoms. The van der Waals surface area contributed by atoms with E-state index >= 15 is 0 Å². The zero-order valence-corrected chi connectivity index (χ0v) is 18.0. The van der Waals surface area contributed by atoms with E-state index in [0.717, 1.165) is 49.7 Å². The lowest BCUT2D eigenvalue weighted by Crippen LogP contribution is -2.37. The summed E-state index contributed by atoms with van der Waals surface area (Å²) in [6, 6.07) is 15.9. The Labute approximate surface area is 179 Å². The van der Waals surface area contributed by atoms with E-state index in [-0.39, 0.29) is 6.03 Å². The van der Waals surface area contributed by atoms with Gasteiger partial charge < -0.3 is 20.1 Å². The van der Waals surface area contributed by atoms with E-state index < -0.39 is 0 Å². The number of urea groups is 1. The minimum absolute atomic E-state index is 0.170. The third kappa shape index (κ3) is 7.35. The molecule has 0 aromatic heterocycles. The average molecular weight is 412 g/mol. The second-order valence-corrected chi connectivity index (χ2v) is 8.04. The highest BCUT2D eigenvalue weighted by molar-refractivity contribution is 5.73. The molecule has 0 spiro atoms. The molecule has 1 fully saturated rings. The fraction of sp³-hybridized carbons (Fsp3) is 0.458. The molecule has 1 heterocycles. The Hall–Kier alpha value is -2.57. The van der Waals surface area contributed by atoms with Gasteiger partial charge in [0.2, 0.25) is 0 Å². The topological polar surface area (TPSA) is 62.8 Å². The van der Waals surface area contributed by atoms with E-state index in [1.165, 1.54) is 5.56 Å². The van der Waals surface area contributed by atoms with Crippen LogP contribution >= 0.6 is 0 Å². The van der Waals surface area contributed by atoms with Gasteiger partial charge in [0.1, 0.15) is 5.75 Å². The van der Waals surface area contributed by atoms with Crippen LogP contribution < -0.4 is 15.4 Å². The first-order chi connectivity index (χ1) is 14.6. The van der Waals surface area contributed by atoms with Gasteiger partial charge in [-0.3, -0.25) is 4.90 Å². The van der Waals surface area contributed by atoms with Gasteiger partial charge in [0.15, 0.2) is 0 Å². The van der Waals surface area contributed by atoms with Crippen LogP contribution in [0.5, 0.6) is 5.75 Å². The third-order valence-corrected chi connectivity index (χ3v) is 5.02. The Balaban J connectivity index is 1.43. The average Bonchev–Trinajstić information content (AvgIpc) is 2.77. The number of nitrogens with one attached hydrogen (secondary N) is 2. The molecule has 2 aromatic carbocycles. The first-order valence-electron chi connectivity index (χ1n) is 10.7. The molecule has 0 aliphatic carbocycles. The van der Waals surface area contributed by atoms with E-state index in [0.29, 0.717) is 25.6 Å². The van der Waals surface area contributed by atoms with Gasteiger partial charge in [0, 0.05) is 32.7 Å². The molecule has 0 atom stereocenters. The summed E-state index contributed by atoms with van der Waals surface area (Å²) in [7, 11) is 0. The molecule has 30 heavy (non-hydrogen) atoms. The van der Waals surface area contributed by atoms with Crippen LogP contribution in [0.2, 0.25) is 0 Å². The molecule has 6 nitrogen and oxygen atoms in total. The van der Waals surface area contributed by atoms with Crippen LogP contribution in [0.1, 0.15) is 30.5 Å². The fourth-order valence-electron chi connectivity index (χ4n) is 3.27. The number of carbonyl (C=O) groups is 1. The Kier molecular flexibility index (Phi) is 8.53. The van der Waals surface area contributed by atoms with Crippen LogP contribution in [-0.4, -0.2) is 43.8 Å². The number of rotatable bonds is 9. The standard InChI is InChI=1S/C24H33N3O3/c1-19(2)18-30-23-9-7-20(8-10-23)15-25-24(28)26-16-21-5-3-4-6-22(21)17-27-11-13-29-14-12-27/h3-10,19H,11-18H2,1-2H3,(H2,25,26,28). The lowest BCUT2D eigenvalue weighted by molar-refractivity contribution is 0.0341. The van der Waals surface area contributed by atoms with E-state index in [1.807, 2.05) is 36.4 Å². The Bertz CT molecular complexity index is 787. The van der Waals surface area contributed by atoms with E-state index in [1.54, 1.807) is 0 Å². The summed E-state index contributed by atoms with van der Waals surface area (Å²) < 4.78 is 11.1. The third-order valence-electron chi connectivity index (χ3n) is 5.02. The van der Waals surface area contributed by atoms with Crippen LogP contribution in [0.15, 0.2) is 48.5 Å². The molecular weight excluding hydrogens is 378 g/mol. The van der Waals surface area contributed by atoms with Crippen LogP contribution in [-0.2, 0) is 24.4 Å². The minimum Gasteiger partial charge on any atom is -0.493 e. The predicted molar refractivity (Wildman–Crippen MR) is 118 cm³/mol. The Morgan fingerprint density at radius 3 is 2.37 bits per heavy atom. The second-order valence-electron chi connectivity index (χ2n) is 8.04. The molecule has 2 amide bonds. The molecule has 162 valence electrons. The van der Waals surface area contributed by atoms with Crippen LogP contribution in [0.3, 0.4) is 0 Å². The number of hydrogen-bond acceptors (Lipinski definition) is 4. The Morgan fingerprint density at radius 1 is 1.00 bits per heavy atom. The smallest absolute Gasteiger partial charge is 0.315 e. The van der Waals surface area contributed by atoms with Crippen molar-refractivity contribution in [1.82, 2.24) is 15.5 Å². The number of ether oxygens (including phenoxy) is 2. The fourth-order valence-corrected chi connectivity index (χ4v) is 3.27. The summed E-state index contributed by atoms with van der Waals surface area (Å²) in [5.74, 6) is 1.35. The maximum Gasteiger partial charge on any atom is 0.315 e. The monoisotopic (exact) mass is 411 g/mol. The lowest BCUT2D eigenvalue weighted by atomic mass is 10.1. The molecule has 1 aliphatic heterocycles. The highest BCUT2D eigenvalue weighted by atomic mass is 16.5. The number of morpholine rings is 1. The number of benzene rings is 2. The minimum atomic E-state index is -0.170. The quantitative estimate of drug-likeness (QED) is 0.662. The highest BCUT2D eigenvalue weighted by Crippen LogP contribution is 2.14. The van der Waals surface area contributed by atoms with Crippen molar-refractivity contribution in [3.63, 3.8) is 0 Å². The number of amides is 2. The first kappa shape index (κ1) is 22.1. The first-order valence-corrected chi connectivity index (χ1v) is 10.7. The summed E-state index contributed by atoms with van der Waals surface area (Å²) in [5, 5.41) is 5.89. The van der Waals surface area contributed by atoms with Crippen molar-refractivity contribution >= 4 is 6.03 Å². The molecule has 0 radical (unpaired) electrons. The molecule has 1 aliphatic rings. The summed E-state index contributed by atoms with van der Waals surface area (Å²) in [4.78, 5) is 14.6. The molecule has 6 heteroatoms. The lowest BCUT2D eigenvalue weighted by Gasteiger charge is -2.27. The molecule has 1 saturated heterocycles. The van der Waals surface area contributed by atoms with Crippen molar-refractivity contribution in [3.05, 3.63) is 65.2 Å². The largest absolute Gasteiger partial charge is 0.493 e. The normalized spacial score (nSPS) is 14.5. The number of nitrogens with zero attached hydrogens (tertiary/aromatic N) is 1. The van der Waals surface area contributed by atoms with Gasteiger partial charge in [-0.25, -0.2) is 4.79 Å². The van der Waals surface area contributed by atoms with Crippen molar-refractivity contribution in [2.24, 2.45) is 5.92 Å².